The second kappa shape index (κ2) is 4.99. The number of carbonyl (C=O) groups excluding carboxylic acids is 1. The van der Waals surface area contributed by atoms with Crippen LogP contribution < -0.4 is 5.32 Å². The summed E-state index contributed by atoms with van der Waals surface area (Å²) in [7, 11) is 0. The Morgan fingerprint density at radius 3 is 2.72 bits per heavy atom. The normalized spacial score (nSPS) is 17.2. The van der Waals surface area contributed by atoms with E-state index in [0.717, 1.165) is 18.4 Å². The number of nitriles is 1. The van der Waals surface area contributed by atoms with Crippen LogP contribution in [0, 0.1) is 23.7 Å². The number of benzene rings is 1. The van der Waals surface area contributed by atoms with Gasteiger partial charge in [-0.2, -0.15) is 5.26 Å². The van der Waals surface area contributed by atoms with Crippen LogP contribution in [0.4, 0.5) is 5.69 Å². The van der Waals surface area contributed by atoms with Crippen LogP contribution in [-0.4, -0.2) is 5.91 Å². The number of hydrogen-bond donors (Lipinski definition) is 1. The molecule has 0 saturated heterocycles. The minimum Gasteiger partial charge on any atom is -0.323 e. The van der Waals surface area contributed by atoms with Gasteiger partial charge in [-0.25, -0.2) is 0 Å². The van der Waals surface area contributed by atoms with E-state index in [-0.39, 0.29) is 5.91 Å². The summed E-state index contributed by atoms with van der Waals surface area (Å²) in [5.41, 5.74) is 0.739. The van der Waals surface area contributed by atoms with Gasteiger partial charge < -0.3 is 5.32 Å². The predicted octanol–water partition coefficient (Wildman–Crippen LogP) is 3.67. The first kappa shape index (κ1) is 12.9. The minimum absolute atomic E-state index is 0.227. The predicted molar refractivity (Wildman–Crippen MR) is 71.3 cm³/mol. The third kappa shape index (κ3) is 2.34. The van der Waals surface area contributed by atoms with E-state index in [1.165, 1.54) is 0 Å². The largest absolute Gasteiger partial charge is 0.323 e. The van der Waals surface area contributed by atoms with Crippen molar-refractivity contribution in [2.24, 2.45) is 5.41 Å². The molecule has 1 fully saturated rings. The van der Waals surface area contributed by atoms with Crippen molar-refractivity contribution in [2.45, 2.75) is 32.6 Å². The number of hydrogen-bond acceptors (Lipinski definition) is 2. The highest BCUT2D eigenvalue weighted by Crippen LogP contribution is 2.39. The van der Waals surface area contributed by atoms with E-state index >= 15 is 0 Å². The number of aryl methyl sites for hydroxylation is 1. The maximum atomic E-state index is 12.2. The van der Waals surface area contributed by atoms with Gasteiger partial charge in [-0.15, -0.1) is 0 Å². The van der Waals surface area contributed by atoms with Gasteiger partial charge in [0.25, 0.3) is 0 Å². The lowest BCUT2D eigenvalue weighted by atomic mass is 9.87. The number of halogens is 1. The molecule has 2 rings (SSSR count). The van der Waals surface area contributed by atoms with Crippen LogP contribution in [-0.2, 0) is 4.79 Å². The van der Waals surface area contributed by atoms with Crippen molar-refractivity contribution < 1.29 is 4.79 Å². The average molecular weight is 263 g/mol. The van der Waals surface area contributed by atoms with Crippen molar-refractivity contribution in [1.29, 1.82) is 5.26 Å². The maximum Gasteiger partial charge on any atom is 0.244 e. The number of anilines is 1. The van der Waals surface area contributed by atoms with Gasteiger partial charge in [-0.1, -0.05) is 30.5 Å². The van der Waals surface area contributed by atoms with Crippen molar-refractivity contribution >= 4 is 23.2 Å². The molecule has 1 aliphatic rings. The van der Waals surface area contributed by atoms with Crippen molar-refractivity contribution in [1.82, 2.24) is 0 Å². The number of amides is 1. The topological polar surface area (TPSA) is 52.9 Å². The average Bonchev–Trinajstić information content (AvgIpc) is 2.84. The molecule has 0 radical (unpaired) electrons. The standard InChI is InChI=1S/C14H15ClN2O/c1-10-4-5-11(15)12(8-10)17-13(18)14(9-16)6-2-3-7-14/h4-5,8H,2-3,6-7H2,1H3,(H,17,18). The first-order valence-electron chi connectivity index (χ1n) is 6.06. The molecule has 0 unspecified atom stereocenters. The Kier molecular flexibility index (Phi) is 3.58. The zero-order chi connectivity index (χ0) is 13.2. The van der Waals surface area contributed by atoms with E-state index < -0.39 is 5.41 Å². The molecule has 1 aliphatic carbocycles. The summed E-state index contributed by atoms with van der Waals surface area (Å²) in [6.07, 6.45) is 3.14. The monoisotopic (exact) mass is 262 g/mol. The highest BCUT2D eigenvalue weighted by Gasteiger charge is 2.41. The molecule has 1 aromatic rings. The highest BCUT2D eigenvalue weighted by molar-refractivity contribution is 6.33. The number of nitrogens with one attached hydrogen (secondary N) is 1. The van der Waals surface area contributed by atoms with E-state index in [2.05, 4.69) is 11.4 Å². The lowest BCUT2D eigenvalue weighted by molar-refractivity contribution is -0.122. The van der Waals surface area contributed by atoms with Gasteiger partial charge in [-0.05, 0) is 37.5 Å². The number of rotatable bonds is 2. The van der Waals surface area contributed by atoms with Crippen LogP contribution in [0.25, 0.3) is 0 Å². The molecule has 0 aliphatic heterocycles. The lowest BCUT2D eigenvalue weighted by Crippen LogP contribution is -2.32. The Morgan fingerprint density at radius 2 is 2.11 bits per heavy atom. The molecule has 0 heterocycles. The second-order valence-corrected chi connectivity index (χ2v) is 5.25. The van der Waals surface area contributed by atoms with E-state index in [0.29, 0.717) is 23.6 Å². The van der Waals surface area contributed by atoms with Gasteiger partial charge in [0.1, 0.15) is 5.41 Å². The van der Waals surface area contributed by atoms with Crippen LogP contribution in [0.5, 0.6) is 0 Å². The Bertz CT molecular complexity index is 513. The molecule has 18 heavy (non-hydrogen) atoms. The zero-order valence-electron chi connectivity index (χ0n) is 10.3. The van der Waals surface area contributed by atoms with Gasteiger partial charge in [0.05, 0.1) is 16.8 Å². The van der Waals surface area contributed by atoms with E-state index in [1.807, 2.05) is 19.1 Å². The lowest BCUT2D eigenvalue weighted by Gasteiger charge is -2.19. The molecule has 0 bridgehead atoms. The van der Waals surface area contributed by atoms with Crippen molar-refractivity contribution in [3.63, 3.8) is 0 Å². The Hall–Kier alpha value is -1.53. The molecule has 1 N–H and O–H groups in total. The molecule has 1 amide bonds. The summed E-state index contributed by atoms with van der Waals surface area (Å²) < 4.78 is 0. The van der Waals surface area contributed by atoms with Crippen LogP contribution >= 0.6 is 11.6 Å². The van der Waals surface area contributed by atoms with Gasteiger partial charge in [-0.3, -0.25) is 4.79 Å². The zero-order valence-corrected chi connectivity index (χ0v) is 11.0. The summed E-state index contributed by atoms with van der Waals surface area (Å²) in [6, 6.07) is 7.63. The van der Waals surface area contributed by atoms with E-state index in [1.54, 1.807) is 6.07 Å². The Balaban J connectivity index is 2.21. The van der Waals surface area contributed by atoms with Crippen molar-refractivity contribution in [3.05, 3.63) is 28.8 Å². The summed E-state index contributed by atoms with van der Waals surface area (Å²) >= 11 is 6.04. The van der Waals surface area contributed by atoms with E-state index in [4.69, 9.17) is 11.6 Å². The quantitative estimate of drug-likeness (QED) is 0.884. The van der Waals surface area contributed by atoms with E-state index in [9.17, 15) is 10.1 Å². The van der Waals surface area contributed by atoms with Gasteiger partial charge >= 0.3 is 0 Å². The fourth-order valence-corrected chi connectivity index (χ4v) is 2.51. The molecular formula is C14H15ClN2O. The molecule has 94 valence electrons. The third-order valence-electron chi connectivity index (χ3n) is 3.48. The molecule has 4 heteroatoms. The Morgan fingerprint density at radius 1 is 1.44 bits per heavy atom. The number of nitrogens with zero attached hydrogens (tertiary/aromatic N) is 1. The first-order chi connectivity index (χ1) is 8.57. The van der Waals surface area contributed by atoms with Gasteiger partial charge in [0.2, 0.25) is 5.91 Å². The minimum atomic E-state index is -0.868. The molecule has 0 spiro atoms. The molecule has 0 aromatic heterocycles. The van der Waals surface area contributed by atoms with Crippen molar-refractivity contribution in [2.75, 3.05) is 5.32 Å². The van der Waals surface area contributed by atoms with Crippen LogP contribution in [0.1, 0.15) is 31.2 Å². The summed E-state index contributed by atoms with van der Waals surface area (Å²) in [6.45, 7) is 1.93. The van der Waals surface area contributed by atoms with Crippen LogP contribution in [0.2, 0.25) is 5.02 Å². The summed E-state index contributed by atoms with van der Waals surface area (Å²) in [4.78, 5) is 12.2. The molecular weight excluding hydrogens is 248 g/mol. The second-order valence-electron chi connectivity index (χ2n) is 4.84. The summed E-state index contributed by atoms with van der Waals surface area (Å²) in [5.74, 6) is -0.227. The fourth-order valence-electron chi connectivity index (χ4n) is 2.35. The van der Waals surface area contributed by atoms with Gasteiger partial charge in [0.15, 0.2) is 0 Å². The van der Waals surface area contributed by atoms with Crippen LogP contribution in [0.3, 0.4) is 0 Å². The SMILES string of the molecule is Cc1ccc(Cl)c(NC(=O)C2(C#N)CCCC2)c1. The maximum absolute atomic E-state index is 12.2. The highest BCUT2D eigenvalue weighted by atomic mass is 35.5. The Labute approximate surface area is 112 Å². The fraction of sp³-hybridized carbons (Fsp3) is 0.429. The number of carbonyl (C=O) groups is 1. The molecule has 3 nitrogen and oxygen atoms in total. The molecule has 0 atom stereocenters. The first-order valence-corrected chi connectivity index (χ1v) is 6.44. The smallest absolute Gasteiger partial charge is 0.244 e. The molecule has 1 aromatic carbocycles. The van der Waals surface area contributed by atoms with Crippen LogP contribution in [0.15, 0.2) is 18.2 Å². The van der Waals surface area contributed by atoms with Gasteiger partial charge in [0, 0.05) is 0 Å². The van der Waals surface area contributed by atoms with Crippen molar-refractivity contribution in [3.8, 4) is 6.07 Å². The third-order valence-corrected chi connectivity index (χ3v) is 3.81. The summed E-state index contributed by atoms with van der Waals surface area (Å²) in [5, 5.41) is 12.5. The molecule has 1 saturated carbocycles.